The fourth-order valence-corrected chi connectivity index (χ4v) is 2.17. The molecule has 1 rings (SSSR count). The van der Waals surface area contributed by atoms with Gasteiger partial charge in [0.2, 0.25) is 0 Å². The minimum absolute atomic E-state index is 0.825. The SMILES string of the molecule is CC(C)C(C)CCN(C)C1CCNCC1. The molecule has 1 aliphatic heterocycles. The maximum atomic E-state index is 3.43. The van der Waals surface area contributed by atoms with Gasteiger partial charge in [0, 0.05) is 6.04 Å². The van der Waals surface area contributed by atoms with Gasteiger partial charge in [0.15, 0.2) is 0 Å². The van der Waals surface area contributed by atoms with E-state index in [-0.39, 0.29) is 0 Å². The first kappa shape index (κ1) is 13.0. The fraction of sp³-hybridized carbons (Fsp3) is 1.00. The molecule has 0 spiro atoms. The lowest BCUT2D eigenvalue weighted by Crippen LogP contribution is -2.41. The molecule has 0 bridgehead atoms. The second-order valence-electron chi connectivity index (χ2n) is 5.47. The van der Waals surface area contributed by atoms with Crippen molar-refractivity contribution in [1.82, 2.24) is 10.2 Å². The first-order valence-electron chi connectivity index (χ1n) is 6.52. The highest BCUT2D eigenvalue weighted by atomic mass is 15.1. The minimum atomic E-state index is 0.825. The van der Waals surface area contributed by atoms with Crippen LogP contribution in [0.15, 0.2) is 0 Å². The predicted octanol–water partition coefficient (Wildman–Crippen LogP) is 2.35. The Morgan fingerprint density at radius 1 is 1.20 bits per heavy atom. The summed E-state index contributed by atoms with van der Waals surface area (Å²) in [5.74, 6) is 1.68. The molecule has 0 aliphatic carbocycles. The van der Waals surface area contributed by atoms with E-state index in [1.807, 2.05) is 0 Å². The van der Waals surface area contributed by atoms with Crippen LogP contribution in [0.1, 0.15) is 40.0 Å². The molecule has 1 fully saturated rings. The van der Waals surface area contributed by atoms with E-state index in [0.29, 0.717) is 0 Å². The van der Waals surface area contributed by atoms with Crippen LogP contribution in [0, 0.1) is 11.8 Å². The molecule has 1 unspecified atom stereocenters. The van der Waals surface area contributed by atoms with Crippen LogP contribution in [0.25, 0.3) is 0 Å². The lowest BCUT2D eigenvalue weighted by Gasteiger charge is -2.32. The van der Waals surface area contributed by atoms with Crippen molar-refractivity contribution in [3.8, 4) is 0 Å². The molecule has 0 aromatic heterocycles. The van der Waals surface area contributed by atoms with Crippen LogP contribution in [-0.2, 0) is 0 Å². The predicted molar refractivity (Wildman–Crippen MR) is 67.1 cm³/mol. The van der Waals surface area contributed by atoms with Gasteiger partial charge >= 0.3 is 0 Å². The molecule has 2 heteroatoms. The van der Waals surface area contributed by atoms with Gasteiger partial charge in [0.05, 0.1) is 0 Å². The van der Waals surface area contributed by atoms with Gasteiger partial charge < -0.3 is 10.2 Å². The first-order valence-corrected chi connectivity index (χ1v) is 6.52. The lowest BCUT2D eigenvalue weighted by atomic mass is 9.94. The molecule has 0 aromatic carbocycles. The maximum absolute atomic E-state index is 3.43. The highest BCUT2D eigenvalue weighted by Crippen LogP contribution is 2.16. The van der Waals surface area contributed by atoms with Crippen molar-refractivity contribution in [3.63, 3.8) is 0 Å². The van der Waals surface area contributed by atoms with Crippen LogP contribution < -0.4 is 5.32 Å². The largest absolute Gasteiger partial charge is 0.317 e. The Labute approximate surface area is 95.4 Å². The molecule has 0 amide bonds. The van der Waals surface area contributed by atoms with Gasteiger partial charge in [-0.1, -0.05) is 20.8 Å². The summed E-state index contributed by atoms with van der Waals surface area (Å²) in [4.78, 5) is 2.57. The zero-order valence-corrected chi connectivity index (χ0v) is 10.9. The summed E-state index contributed by atoms with van der Waals surface area (Å²) in [5, 5.41) is 3.43. The molecule has 1 atom stereocenters. The lowest BCUT2D eigenvalue weighted by molar-refractivity contribution is 0.182. The Bertz CT molecular complexity index is 162. The topological polar surface area (TPSA) is 15.3 Å². The average molecular weight is 212 g/mol. The van der Waals surface area contributed by atoms with Crippen LogP contribution >= 0.6 is 0 Å². The summed E-state index contributed by atoms with van der Waals surface area (Å²) in [5.41, 5.74) is 0. The monoisotopic (exact) mass is 212 g/mol. The molecule has 0 saturated carbocycles. The number of hydrogen-bond donors (Lipinski definition) is 1. The molecule has 2 nitrogen and oxygen atoms in total. The number of nitrogens with zero attached hydrogens (tertiary/aromatic N) is 1. The molecule has 1 saturated heterocycles. The average Bonchev–Trinajstić information content (AvgIpc) is 2.26. The van der Waals surface area contributed by atoms with Crippen molar-refractivity contribution in [1.29, 1.82) is 0 Å². The Balaban J connectivity index is 2.19. The molecule has 1 aliphatic rings. The van der Waals surface area contributed by atoms with Gasteiger partial charge in [0.25, 0.3) is 0 Å². The summed E-state index contributed by atoms with van der Waals surface area (Å²) >= 11 is 0. The molecule has 0 aromatic rings. The normalized spacial score (nSPS) is 21.2. The number of rotatable bonds is 5. The summed E-state index contributed by atoms with van der Waals surface area (Å²) < 4.78 is 0. The first-order chi connectivity index (χ1) is 7.11. The Hall–Kier alpha value is -0.0800. The molecule has 0 radical (unpaired) electrons. The Morgan fingerprint density at radius 3 is 2.33 bits per heavy atom. The standard InChI is InChI=1S/C13H28N2/c1-11(2)12(3)7-10-15(4)13-5-8-14-9-6-13/h11-14H,5-10H2,1-4H3. The van der Waals surface area contributed by atoms with Crippen molar-refractivity contribution in [3.05, 3.63) is 0 Å². The van der Waals surface area contributed by atoms with Crippen molar-refractivity contribution in [2.75, 3.05) is 26.7 Å². The van der Waals surface area contributed by atoms with Crippen LogP contribution in [0.4, 0.5) is 0 Å². The van der Waals surface area contributed by atoms with E-state index in [1.54, 1.807) is 0 Å². The van der Waals surface area contributed by atoms with E-state index in [0.717, 1.165) is 17.9 Å². The van der Waals surface area contributed by atoms with E-state index >= 15 is 0 Å². The molecular weight excluding hydrogens is 184 g/mol. The molecule has 15 heavy (non-hydrogen) atoms. The van der Waals surface area contributed by atoms with Crippen molar-refractivity contribution >= 4 is 0 Å². The Kier molecular flexibility index (Phi) is 5.62. The second-order valence-corrected chi connectivity index (χ2v) is 5.47. The van der Waals surface area contributed by atoms with Crippen LogP contribution in [0.5, 0.6) is 0 Å². The van der Waals surface area contributed by atoms with Crippen molar-refractivity contribution in [2.45, 2.75) is 46.1 Å². The van der Waals surface area contributed by atoms with Crippen LogP contribution in [-0.4, -0.2) is 37.6 Å². The van der Waals surface area contributed by atoms with E-state index in [4.69, 9.17) is 0 Å². The summed E-state index contributed by atoms with van der Waals surface area (Å²) in [6.07, 6.45) is 4.00. The number of hydrogen-bond acceptors (Lipinski definition) is 2. The van der Waals surface area contributed by atoms with Crippen LogP contribution in [0.3, 0.4) is 0 Å². The van der Waals surface area contributed by atoms with E-state index < -0.39 is 0 Å². The zero-order chi connectivity index (χ0) is 11.3. The van der Waals surface area contributed by atoms with Gasteiger partial charge in [-0.05, 0) is 57.8 Å². The summed E-state index contributed by atoms with van der Waals surface area (Å²) in [6, 6.07) is 0.825. The van der Waals surface area contributed by atoms with E-state index in [2.05, 4.69) is 38.0 Å². The third kappa shape index (κ3) is 4.52. The summed E-state index contributed by atoms with van der Waals surface area (Å²) in [7, 11) is 2.29. The second kappa shape index (κ2) is 6.49. The van der Waals surface area contributed by atoms with Crippen LogP contribution in [0.2, 0.25) is 0 Å². The van der Waals surface area contributed by atoms with Gasteiger partial charge in [-0.2, -0.15) is 0 Å². The van der Waals surface area contributed by atoms with Crippen molar-refractivity contribution in [2.24, 2.45) is 11.8 Å². The Morgan fingerprint density at radius 2 is 1.80 bits per heavy atom. The minimum Gasteiger partial charge on any atom is -0.317 e. The quantitative estimate of drug-likeness (QED) is 0.752. The molecule has 90 valence electrons. The highest BCUT2D eigenvalue weighted by molar-refractivity contribution is 4.76. The molecule has 1 N–H and O–H groups in total. The third-order valence-electron chi connectivity index (χ3n) is 4.01. The van der Waals surface area contributed by atoms with Crippen molar-refractivity contribution < 1.29 is 0 Å². The number of nitrogens with one attached hydrogen (secondary N) is 1. The molecular formula is C13H28N2. The van der Waals surface area contributed by atoms with E-state index in [9.17, 15) is 0 Å². The van der Waals surface area contributed by atoms with Gasteiger partial charge in [-0.25, -0.2) is 0 Å². The highest BCUT2D eigenvalue weighted by Gasteiger charge is 2.18. The smallest absolute Gasteiger partial charge is 0.0116 e. The molecule has 1 heterocycles. The van der Waals surface area contributed by atoms with E-state index in [1.165, 1.54) is 38.9 Å². The van der Waals surface area contributed by atoms with Gasteiger partial charge in [-0.3, -0.25) is 0 Å². The maximum Gasteiger partial charge on any atom is 0.0116 e. The zero-order valence-electron chi connectivity index (χ0n) is 10.9. The van der Waals surface area contributed by atoms with Gasteiger partial charge in [-0.15, -0.1) is 0 Å². The fourth-order valence-electron chi connectivity index (χ4n) is 2.17. The van der Waals surface area contributed by atoms with Gasteiger partial charge in [0.1, 0.15) is 0 Å². The summed E-state index contributed by atoms with van der Waals surface area (Å²) in [6.45, 7) is 10.7. The number of piperidine rings is 1. The third-order valence-corrected chi connectivity index (χ3v) is 4.01.